The van der Waals surface area contributed by atoms with Gasteiger partial charge < -0.3 is 10.0 Å². The van der Waals surface area contributed by atoms with Crippen LogP contribution in [0.3, 0.4) is 0 Å². The molecule has 0 radical (unpaired) electrons. The first-order chi connectivity index (χ1) is 9.06. The summed E-state index contributed by atoms with van der Waals surface area (Å²) in [7, 11) is 0. The van der Waals surface area contributed by atoms with Gasteiger partial charge in [-0.1, -0.05) is 30.3 Å². The van der Waals surface area contributed by atoms with E-state index in [4.69, 9.17) is 5.26 Å². The average molecular weight is 258 g/mol. The quantitative estimate of drug-likeness (QED) is 0.880. The number of amides is 1. The third-order valence-electron chi connectivity index (χ3n) is 3.80. The highest BCUT2D eigenvalue weighted by molar-refractivity contribution is 5.82. The third-order valence-corrected chi connectivity index (χ3v) is 3.80. The Bertz CT molecular complexity index is 485. The lowest BCUT2D eigenvalue weighted by Crippen LogP contribution is -2.43. The van der Waals surface area contributed by atoms with E-state index < -0.39 is 6.10 Å². The van der Waals surface area contributed by atoms with Crippen molar-refractivity contribution in [3.05, 3.63) is 35.9 Å². The maximum absolute atomic E-state index is 12.2. The number of carbonyl (C=O) groups excluding carboxylic acids is 1. The summed E-state index contributed by atoms with van der Waals surface area (Å²) in [6.07, 6.45) is 0.223. The summed E-state index contributed by atoms with van der Waals surface area (Å²) in [5.41, 5.74) is 0.273. The predicted molar refractivity (Wildman–Crippen MR) is 70.9 cm³/mol. The van der Waals surface area contributed by atoms with Gasteiger partial charge >= 0.3 is 0 Å². The number of hydrogen-bond acceptors (Lipinski definition) is 3. The van der Waals surface area contributed by atoms with Crippen LogP contribution in [-0.4, -0.2) is 29.0 Å². The molecule has 1 unspecified atom stereocenters. The third kappa shape index (κ3) is 2.94. The van der Waals surface area contributed by atoms with Crippen molar-refractivity contribution >= 4 is 5.91 Å². The average Bonchev–Trinajstić information content (AvgIpc) is 2.47. The lowest BCUT2D eigenvalue weighted by atomic mass is 9.82. The molecule has 2 rings (SSSR count). The molecule has 100 valence electrons. The van der Waals surface area contributed by atoms with E-state index in [-0.39, 0.29) is 11.3 Å². The van der Waals surface area contributed by atoms with Crippen molar-refractivity contribution in [2.75, 3.05) is 13.1 Å². The van der Waals surface area contributed by atoms with Gasteiger partial charge in [-0.3, -0.25) is 4.79 Å². The number of hydrogen-bond donors (Lipinski definition) is 1. The Morgan fingerprint density at radius 2 is 1.95 bits per heavy atom. The molecule has 4 heteroatoms. The summed E-state index contributed by atoms with van der Waals surface area (Å²) in [6.45, 7) is 2.99. The fourth-order valence-electron chi connectivity index (χ4n) is 2.28. The van der Waals surface area contributed by atoms with Crippen molar-refractivity contribution in [2.24, 2.45) is 5.41 Å². The summed E-state index contributed by atoms with van der Waals surface area (Å²) < 4.78 is 0. The number of benzene rings is 1. The first-order valence-corrected chi connectivity index (χ1v) is 6.49. The number of nitriles is 1. The van der Waals surface area contributed by atoms with Crippen LogP contribution in [-0.2, 0) is 4.79 Å². The number of likely N-dealkylation sites (tertiary alicyclic amines) is 1. The highest BCUT2D eigenvalue weighted by atomic mass is 16.3. The monoisotopic (exact) mass is 258 g/mol. The molecule has 0 bridgehead atoms. The largest absolute Gasteiger partial charge is 0.378 e. The predicted octanol–water partition coefficient (Wildman–Crippen LogP) is 1.87. The van der Waals surface area contributed by atoms with Crippen molar-refractivity contribution in [1.82, 2.24) is 4.90 Å². The van der Waals surface area contributed by atoms with E-state index in [0.29, 0.717) is 31.5 Å². The minimum Gasteiger partial charge on any atom is -0.378 e. The molecule has 1 saturated heterocycles. The first-order valence-electron chi connectivity index (χ1n) is 6.49. The van der Waals surface area contributed by atoms with Gasteiger partial charge in [-0.2, -0.15) is 5.26 Å². The molecule has 19 heavy (non-hydrogen) atoms. The molecule has 0 spiro atoms. The second kappa shape index (κ2) is 5.41. The van der Waals surface area contributed by atoms with Crippen molar-refractivity contribution in [3.8, 4) is 6.07 Å². The highest BCUT2D eigenvalue weighted by Gasteiger charge is 2.33. The number of aliphatic hydroxyl groups excluding tert-OH is 1. The van der Waals surface area contributed by atoms with Crippen molar-refractivity contribution in [2.45, 2.75) is 25.9 Å². The van der Waals surface area contributed by atoms with Crippen LogP contribution in [0.15, 0.2) is 30.3 Å². The molecule has 1 fully saturated rings. The smallest absolute Gasteiger partial charge is 0.256 e. The summed E-state index contributed by atoms with van der Waals surface area (Å²) in [5, 5.41) is 19.1. The molecule has 1 amide bonds. The fourth-order valence-corrected chi connectivity index (χ4v) is 2.28. The molecule has 1 heterocycles. The molecule has 0 aromatic heterocycles. The second-order valence-corrected chi connectivity index (χ2v) is 5.31. The van der Waals surface area contributed by atoms with Crippen molar-refractivity contribution in [3.63, 3.8) is 0 Å². The molecule has 1 aromatic carbocycles. The normalized spacial score (nSPS) is 19.5. The number of aliphatic hydroxyl groups is 1. The van der Waals surface area contributed by atoms with E-state index >= 15 is 0 Å². The number of piperidine rings is 1. The zero-order chi connectivity index (χ0) is 13.9. The van der Waals surface area contributed by atoms with Gasteiger partial charge in [0, 0.05) is 13.1 Å². The molecular formula is C15H18N2O2. The second-order valence-electron chi connectivity index (χ2n) is 5.31. The maximum Gasteiger partial charge on any atom is 0.256 e. The number of rotatable bonds is 2. The topological polar surface area (TPSA) is 64.3 Å². The molecule has 0 saturated carbocycles. The molecule has 1 aliphatic rings. The number of nitrogens with zero attached hydrogens (tertiary/aromatic N) is 2. The minimum absolute atomic E-state index is 0.272. The Labute approximate surface area is 113 Å². The summed E-state index contributed by atoms with van der Waals surface area (Å²) >= 11 is 0. The Kier molecular flexibility index (Phi) is 3.87. The van der Waals surface area contributed by atoms with E-state index in [1.807, 2.05) is 13.0 Å². The van der Waals surface area contributed by atoms with Gasteiger partial charge in [0.15, 0.2) is 6.10 Å². The van der Waals surface area contributed by atoms with Crippen LogP contribution in [0.25, 0.3) is 0 Å². The van der Waals surface area contributed by atoms with Crippen molar-refractivity contribution in [1.29, 1.82) is 5.26 Å². The van der Waals surface area contributed by atoms with Gasteiger partial charge in [0.1, 0.15) is 0 Å². The molecule has 1 aromatic rings. The van der Waals surface area contributed by atoms with Gasteiger partial charge in [-0.15, -0.1) is 0 Å². The Hall–Kier alpha value is -1.86. The Balaban J connectivity index is 2.01. The first kappa shape index (κ1) is 13.6. The molecule has 1 aliphatic heterocycles. The van der Waals surface area contributed by atoms with E-state index in [9.17, 15) is 9.90 Å². The SMILES string of the molecule is CC1(C#N)CCN(C(=O)C(O)c2ccccc2)CC1. The van der Waals surface area contributed by atoms with Crippen LogP contribution in [0.4, 0.5) is 0 Å². The molecule has 4 nitrogen and oxygen atoms in total. The van der Waals surface area contributed by atoms with Crippen LogP contribution < -0.4 is 0 Å². The summed E-state index contributed by atoms with van der Waals surface area (Å²) in [5.74, 6) is -0.272. The van der Waals surface area contributed by atoms with Gasteiger partial charge in [-0.25, -0.2) is 0 Å². The van der Waals surface area contributed by atoms with Crippen LogP contribution in [0.5, 0.6) is 0 Å². The molecule has 1 atom stereocenters. The van der Waals surface area contributed by atoms with Gasteiger partial charge in [0.25, 0.3) is 5.91 Å². The highest BCUT2D eigenvalue weighted by Crippen LogP contribution is 2.30. The van der Waals surface area contributed by atoms with Gasteiger partial charge in [0.05, 0.1) is 11.5 Å². The minimum atomic E-state index is -1.10. The molecule has 0 aliphatic carbocycles. The van der Waals surface area contributed by atoms with Gasteiger partial charge in [0.2, 0.25) is 0 Å². The van der Waals surface area contributed by atoms with Crippen molar-refractivity contribution < 1.29 is 9.90 Å². The lowest BCUT2D eigenvalue weighted by molar-refractivity contribution is -0.142. The Morgan fingerprint density at radius 1 is 1.37 bits per heavy atom. The summed E-state index contributed by atoms with van der Waals surface area (Å²) in [4.78, 5) is 13.8. The number of carbonyl (C=O) groups is 1. The lowest BCUT2D eigenvalue weighted by Gasteiger charge is -2.35. The van der Waals surface area contributed by atoms with Crippen LogP contribution in [0.2, 0.25) is 0 Å². The van der Waals surface area contributed by atoms with E-state index in [0.717, 1.165) is 0 Å². The van der Waals surface area contributed by atoms with E-state index in [1.54, 1.807) is 29.2 Å². The summed E-state index contributed by atoms with van der Waals surface area (Å²) in [6, 6.07) is 11.2. The van der Waals surface area contributed by atoms with E-state index in [1.165, 1.54) is 0 Å². The van der Waals surface area contributed by atoms with E-state index in [2.05, 4.69) is 6.07 Å². The Morgan fingerprint density at radius 3 is 2.47 bits per heavy atom. The fraction of sp³-hybridized carbons (Fsp3) is 0.467. The zero-order valence-corrected chi connectivity index (χ0v) is 11.0. The van der Waals surface area contributed by atoms with Crippen LogP contribution >= 0.6 is 0 Å². The maximum atomic E-state index is 12.2. The van der Waals surface area contributed by atoms with Gasteiger partial charge in [-0.05, 0) is 25.3 Å². The molecule has 1 N–H and O–H groups in total. The van der Waals surface area contributed by atoms with Crippen LogP contribution in [0.1, 0.15) is 31.4 Å². The van der Waals surface area contributed by atoms with Crippen LogP contribution in [0, 0.1) is 16.7 Å². The molecular weight excluding hydrogens is 240 g/mol. The zero-order valence-electron chi connectivity index (χ0n) is 11.0. The standard InChI is InChI=1S/C15H18N2O2/c1-15(11-16)7-9-17(10-8-15)14(19)13(18)12-5-3-2-4-6-12/h2-6,13,18H,7-10H2,1H3.